The number of nitrogens with two attached hydrogens (primary N) is 1. The van der Waals surface area contributed by atoms with Crippen molar-refractivity contribution in [3.8, 4) is 0 Å². The molecule has 0 spiro atoms. The molecule has 0 bridgehead atoms. The van der Waals surface area contributed by atoms with E-state index in [-0.39, 0.29) is 6.04 Å². The lowest BCUT2D eigenvalue weighted by molar-refractivity contribution is 0.203. The standard InChI is InChI=1S/C15H27BrN4/c1-3-8-20-15(13(16)10-18-20)14(19-17)12-7-5-6-11(4-2)9-12/h10-12,14,19H,3-9,17H2,1-2H3. The Morgan fingerprint density at radius 2 is 2.30 bits per heavy atom. The molecule has 1 aromatic rings. The Labute approximate surface area is 130 Å². The second kappa shape index (κ2) is 7.57. The van der Waals surface area contributed by atoms with Crippen LogP contribution < -0.4 is 11.3 Å². The average molecular weight is 343 g/mol. The van der Waals surface area contributed by atoms with Crippen molar-refractivity contribution in [3.63, 3.8) is 0 Å². The predicted molar refractivity (Wildman–Crippen MR) is 86.0 cm³/mol. The summed E-state index contributed by atoms with van der Waals surface area (Å²) in [6.07, 6.45) is 9.49. The zero-order valence-corrected chi connectivity index (χ0v) is 14.2. The minimum Gasteiger partial charge on any atom is -0.271 e. The van der Waals surface area contributed by atoms with E-state index in [1.54, 1.807) is 0 Å². The monoisotopic (exact) mass is 342 g/mol. The van der Waals surface area contributed by atoms with E-state index in [1.165, 1.54) is 37.8 Å². The maximum absolute atomic E-state index is 5.90. The third kappa shape index (κ3) is 3.43. The van der Waals surface area contributed by atoms with Crippen molar-refractivity contribution in [2.45, 2.75) is 65.0 Å². The van der Waals surface area contributed by atoms with Gasteiger partial charge < -0.3 is 0 Å². The second-order valence-corrected chi connectivity index (χ2v) is 6.80. The molecule has 1 heterocycles. The minimum absolute atomic E-state index is 0.202. The van der Waals surface area contributed by atoms with E-state index in [0.717, 1.165) is 23.4 Å². The van der Waals surface area contributed by atoms with Crippen LogP contribution in [0.1, 0.15) is 64.1 Å². The van der Waals surface area contributed by atoms with Gasteiger partial charge in [-0.2, -0.15) is 5.10 Å². The van der Waals surface area contributed by atoms with E-state index in [9.17, 15) is 0 Å². The van der Waals surface area contributed by atoms with Crippen molar-refractivity contribution in [1.82, 2.24) is 15.2 Å². The summed E-state index contributed by atoms with van der Waals surface area (Å²) in [4.78, 5) is 0. The van der Waals surface area contributed by atoms with Crippen LogP contribution in [0.25, 0.3) is 0 Å². The van der Waals surface area contributed by atoms with Gasteiger partial charge in [0.2, 0.25) is 0 Å². The highest BCUT2D eigenvalue weighted by Crippen LogP contribution is 2.39. The molecule has 1 saturated carbocycles. The van der Waals surface area contributed by atoms with Gasteiger partial charge in [0.1, 0.15) is 0 Å². The van der Waals surface area contributed by atoms with Crippen LogP contribution in [0.4, 0.5) is 0 Å². The van der Waals surface area contributed by atoms with Crippen LogP contribution in [0.5, 0.6) is 0 Å². The van der Waals surface area contributed by atoms with Gasteiger partial charge in [-0.05, 0) is 47.0 Å². The molecule has 1 aromatic heterocycles. The van der Waals surface area contributed by atoms with Crippen molar-refractivity contribution >= 4 is 15.9 Å². The summed E-state index contributed by atoms with van der Waals surface area (Å²) in [7, 11) is 0. The first kappa shape index (κ1) is 16.0. The van der Waals surface area contributed by atoms with Gasteiger partial charge in [0.15, 0.2) is 0 Å². The molecule has 5 heteroatoms. The molecule has 3 unspecified atom stereocenters. The first-order valence-electron chi connectivity index (χ1n) is 7.88. The minimum atomic E-state index is 0.202. The van der Waals surface area contributed by atoms with Crippen molar-refractivity contribution in [2.75, 3.05) is 0 Å². The summed E-state index contributed by atoms with van der Waals surface area (Å²) in [5.74, 6) is 7.37. The van der Waals surface area contributed by atoms with Gasteiger partial charge in [0, 0.05) is 6.54 Å². The maximum Gasteiger partial charge on any atom is 0.0712 e. The fourth-order valence-corrected chi connectivity index (χ4v) is 4.06. The summed E-state index contributed by atoms with van der Waals surface area (Å²) in [6, 6.07) is 0.202. The number of nitrogens with one attached hydrogen (secondary N) is 1. The second-order valence-electron chi connectivity index (χ2n) is 5.95. The van der Waals surface area contributed by atoms with Crippen LogP contribution in [-0.2, 0) is 6.54 Å². The van der Waals surface area contributed by atoms with Crippen LogP contribution in [0, 0.1) is 11.8 Å². The Morgan fingerprint density at radius 1 is 1.50 bits per heavy atom. The molecule has 3 N–H and O–H groups in total. The summed E-state index contributed by atoms with van der Waals surface area (Å²) >= 11 is 3.65. The smallest absolute Gasteiger partial charge is 0.0712 e. The van der Waals surface area contributed by atoms with E-state index in [0.29, 0.717) is 5.92 Å². The Kier molecular flexibility index (Phi) is 6.05. The SMILES string of the molecule is CCCn1ncc(Br)c1C(NN)C1CCCC(CC)C1. The fraction of sp³-hybridized carbons (Fsp3) is 0.800. The number of halogens is 1. The molecule has 1 aliphatic rings. The van der Waals surface area contributed by atoms with Gasteiger partial charge in [-0.25, -0.2) is 0 Å². The van der Waals surface area contributed by atoms with Gasteiger partial charge in [-0.15, -0.1) is 0 Å². The summed E-state index contributed by atoms with van der Waals surface area (Å²) < 4.78 is 3.18. The number of aromatic nitrogens is 2. The van der Waals surface area contributed by atoms with E-state index in [4.69, 9.17) is 5.84 Å². The highest BCUT2D eigenvalue weighted by Gasteiger charge is 2.31. The molecule has 0 radical (unpaired) electrons. The van der Waals surface area contributed by atoms with E-state index in [1.807, 2.05) is 6.20 Å². The Balaban J connectivity index is 2.21. The summed E-state index contributed by atoms with van der Waals surface area (Å²) in [5, 5.41) is 4.48. The molecule has 0 saturated heterocycles. The molecule has 0 aliphatic heterocycles. The molecular formula is C15H27BrN4. The van der Waals surface area contributed by atoms with Gasteiger partial charge in [0.05, 0.1) is 22.4 Å². The normalized spacial score (nSPS) is 24.8. The molecule has 2 rings (SSSR count). The number of hydrogen-bond donors (Lipinski definition) is 2. The number of nitrogens with zero attached hydrogens (tertiary/aromatic N) is 2. The molecular weight excluding hydrogens is 316 g/mol. The van der Waals surface area contributed by atoms with Gasteiger partial charge >= 0.3 is 0 Å². The molecule has 3 atom stereocenters. The van der Waals surface area contributed by atoms with Crippen molar-refractivity contribution in [1.29, 1.82) is 0 Å². The maximum atomic E-state index is 5.90. The lowest BCUT2D eigenvalue weighted by atomic mass is 9.76. The quantitative estimate of drug-likeness (QED) is 0.611. The van der Waals surface area contributed by atoms with Crippen molar-refractivity contribution < 1.29 is 0 Å². The lowest BCUT2D eigenvalue weighted by Gasteiger charge is -2.34. The predicted octanol–water partition coefficient (Wildman–Crippen LogP) is 3.78. The molecule has 0 amide bonds. The fourth-order valence-electron chi connectivity index (χ4n) is 3.52. The number of hydrogen-bond acceptors (Lipinski definition) is 3. The molecule has 1 aliphatic carbocycles. The van der Waals surface area contributed by atoms with E-state index < -0.39 is 0 Å². The van der Waals surface area contributed by atoms with Crippen LogP contribution in [-0.4, -0.2) is 9.78 Å². The van der Waals surface area contributed by atoms with Crippen molar-refractivity contribution in [2.24, 2.45) is 17.7 Å². The molecule has 20 heavy (non-hydrogen) atoms. The van der Waals surface area contributed by atoms with Gasteiger partial charge in [-0.1, -0.05) is 33.1 Å². The Bertz CT molecular complexity index is 418. The molecule has 1 fully saturated rings. The highest BCUT2D eigenvalue weighted by atomic mass is 79.9. The number of aryl methyl sites for hydroxylation is 1. The molecule has 4 nitrogen and oxygen atoms in total. The van der Waals surface area contributed by atoms with Crippen LogP contribution in [0.15, 0.2) is 10.7 Å². The first-order valence-corrected chi connectivity index (χ1v) is 8.67. The molecule has 0 aromatic carbocycles. The van der Waals surface area contributed by atoms with Gasteiger partial charge in [-0.3, -0.25) is 16.0 Å². The van der Waals surface area contributed by atoms with E-state index in [2.05, 4.69) is 45.0 Å². The number of hydrazine groups is 1. The van der Waals surface area contributed by atoms with Crippen LogP contribution in [0.3, 0.4) is 0 Å². The largest absolute Gasteiger partial charge is 0.271 e. The summed E-state index contributed by atoms with van der Waals surface area (Å²) in [6.45, 7) is 5.43. The van der Waals surface area contributed by atoms with E-state index >= 15 is 0 Å². The topological polar surface area (TPSA) is 55.9 Å². The number of rotatable bonds is 6. The first-order chi connectivity index (χ1) is 9.71. The molecule has 114 valence electrons. The zero-order chi connectivity index (χ0) is 14.5. The highest BCUT2D eigenvalue weighted by molar-refractivity contribution is 9.10. The van der Waals surface area contributed by atoms with Gasteiger partial charge in [0.25, 0.3) is 0 Å². The van der Waals surface area contributed by atoms with Crippen molar-refractivity contribution in [3.05, 3.63) is 16.4 Å². The third-order valence-electron chi connectivity index (χ3n) is 4.61. The average Bonchev–Trinajstić information content (AvgIpc) is 2.82. The lowest BCUT2D eigenvalue weighted by Crippen LogP contribution is -2.37. The summed E-state index contributed by atoms with van der Waals surface area (Å²) in [5.41, 5.74) is 4.29. The third-order valence-corrected chi connectivity index (χ3v) is 5.23. The zero-order valence-electron chi connectivity index (χ0n) is 12.6. The Hall–Kier alpha value is -0.390. The Morgan fingerprint density at radius 3 is 2.95 bits per heavy atom. The van der Waals surface area contributed by atoms with Crippen LogP contribution >= 0.6 is 15.9 Å². The van der Waals surface area contributed by atoms with Crippen LogP contribution in [0.2, 0.25) is 0 Å².